The van der Waals surface area contributed by atoms with Crippen molar-refractivity contribution in [3.8, 4) is 22.5 Å². The molecule has 0 saturated carbocycles. The van der Waals surface area contributed by atoms with Gasteiger partial charge in [-0.1, -0.05) is 18.2 Å². The van der Waals surface area contributed by atoms with Crippen molar-refractivity contribution in [3.05, 3.63) is 54.1 Å². The van der Waals surface area contributed by atoms with Crippen LogP contribution in [0.5, 0.6) is 0 Å². The molecule has 0 amide bonds. The molecule has 0 N–H and O–H groups in total. The summed E-state index contributed by atoms with van der Waals surface area (Å²) >= 11 is 0.889. The van der Waals surface area contributed by atoms with Gasteiger partial charge in [0.25, 0.3) is 0 Å². The number of benzene rings is 3. The van der Waals surface area contributed by atoms with E-state index in [1.807, 2.05) is 36.4 Å². The summed E-state index contributed by atoms with van der Waals surface area (Å²) in [6.07, 6.45) is 0. The number of nitrogens with zero attached hydrogens (tertiary/aromatic N) is 2. The van der Waals surface area contributed by atoms with Crippen molar-refractivity contribution >= 4 is 33.8 Å². The second kappa shape index (κ2) is 6.90. The van der Waals surface area contributed by atoms with E-state index in [9.17, 15) is 5.26 Å². The van der Waals surface area contributed by atoms with E-state index in [1.165, 1.54) is 0 Å². The Hall–Kier alpha value is -1.51. The van der Waals surface area contributed by atoms with Crippen molar-refractivity contribution in [2.75, 3.05) is 0 Å². The Morgan fingerprint density at radius 1 is 0.923 bits per heavy atom. The average Bonchev–Trinajstić information content (AvgIpc) is 2.92. The van der Waals surface area contributed by atoms with Gasteiger partial charge in [-0.05, 0) is 48.2 Å². The fourth-order valence-corrected chi connectivity index (χ4v) is 3.94. The fourth-order valence-electron chi connectivity index (χ4n) is 3.49. The molecule has 1 heterocycles. The molecule has 0 aliphatic heterocycles. The maximum absolute atomic E-state index is 10.2. The summed E-state index contributed by atoms with van der Waals surface area (Å²) in [5.74, 6) is 0. The summed E-state index contributed by atoms with van der Waals surface area (Å²) in [5.41, 5.74) is 6.71. The first-order chi connectivity index (χ1) is 12.2. The monoisotopic (exact) mass is 370 g/mol. The minimum Gasteiger partial charge on any atom is -0.691 e. The van der Waals surface area contributed by atoms with Gasteiger partial charge in [-0.3, -0.25) is 5.04 Å². The van der Waals surface area contributed by atoms with Crippen molar-refractivity contribution in [2.45, 2.75) is 11.8 Å². The van der Waals surface area contributed by atoms with E-state index >= 15 is 0 Å². The topological polar surface area (TPSA) is 67.3 Å². The zero-order chi connectivity index (χ0) is 17.0. The van der Waals surface area contributed by atoms with E-state index in [0.717, 1.165) is 66.8 Å². The second-order valence-electron chi connectivity index (χ2n) is 6.01. The Labute approximate surface area is 175 Å². The minimum atomic E-state index is 0. The van der Waals surface area contributed by atoms with Gasteiger partial charge in [0, 0.05) is 21.4 Å². The Kier molecular flexibility index (Phi) is 4.75. The van der Waals surface area contributed by atoms with Gasteiger partial charge in [0.2, 0.25) is 0 Å². The summed E-state index contributed by atoms with van der Waals surface area (Å²) < 4.78 is 4.50. The van der Waals surface area contributed by atoms with Gasteiger partial charge in [0.15, 0.2) is 0 Å². The van der Waals surface area contributed by atoms with E-state index < -0.39 is 0 Å². The maximum atomic E-state index is 10.2. The number of aryl methyl sites for hydroxylation is 1. The average molecular weight is 370 g/mol. The number of para-hydroxylation sites is 2. The number of fused-ring (bicyclic) bond motifs is 4. The molecule has 0 unspecified atom stereocenters. The molecule has 1 aromatic heterocycles. The van der Waals surface area contributed by atoms with Crippen molar-refractivity contribution in [2.24, 2.45) is 0 Å². The van der Waals surface area contributed by atoms with Gasteiger partial charge in [-0.25, -0.2) is 9.97 Å². The van der Waals surface area contributed by atoms with Crippen LogP contribution in [0.4, 0.5) is 0 Å². The van der Waals surface area contributed by atoms with Crippen LogP contribution >= 0.6 is 12.0 Å². The molecule has 3 aromatic carbocycles. The number of rotatable bonds is 3. The molecule has 4 aromatic rings. The molecular formula is C19H11N2NaO3S. The van der Waals surface area contributed by atoms with Crippen molar-refractivity contribution < 1.29 is 44.2 Å². The molecule has 0 radical (unpaired) electrons. The molecule has 1 aliphatic rings. The van der Waals surface area contributed by atoms with E-state index in [1.54, 1.807) is 0 Å². The fraction of sp³-hybridized carbons (Fsp3) is 0.0526. The van der Waals surface area contributed by atoms with Gasteiger partial charge >= 0.3 is 29.6 Å². The zero-order valence-corrected chi connectivity index (χ0v) is 17.0. The molecule has 0 fully saturated rings. The quantitative estimate of drug-likeness (QED) is 0.204. The minimum absolute atomic E-state index is 0. The Bertz CT molecular complexity index is 1170. The van der Waals surface area contributed by atoms with Gasteiger partial charge in [0.05, 0.1) is 34.5 Å². The smallest absolute Gasteiger partial charge is 0.691 e. The van der Waals surface area contributed by atoms with Crippen LogP contribution in [0.25, 0.3) is 44.3 Å². The first kappa shape index (κ1) is 17.9. The number of aromatic nitrogens is 2. The molecule has 5 nitrogen and oxygen atoms in total. The predicted octanol–water partition coefficient (Wildman–Crippen LogP) is 0.973. The molecule has 0 atom stereocenters. The van der Waals surface area contributed by atoms with Crippen LogP contribution in [0.2, 0.25) is 0 Å². The molecule has 122 valence electrons. The Morgan fingerprint density at radius 2 is 1.58 bits per heavy atom. The van der Waals surface area contributed by atoms with E-state index in [0.29, 0.717) is 0 Å². The van der Waals surface area contributed by atoms with Crippen LogP contribution in [0.1, 0.15) is 5.56 Å². The molecular weight excluding hydrogens is 359 g/mol. The predicted molar refractivity (Wildman–Crippen MR) is 94.2 cm³/mol. The molecule has 0 saturated heterocycles. The van der Waals surface area contributed by atoms with E-state index in [-0.39, 0.29) is 29.6 Å². The van der Waals surface area contributed by atoms with E-state index in [2.05, 4.69) is 28.4 Å². The van der Waals surface area contributed by atoms with Crippen LogP contribution in [-0.2, 0) is 9.37 Å². The van der Waals surface area contributed by atoms with Crippen LogP contribution < -0.4 is 34.8 Å². The Morgan fingerprint density at radius 3 is 2.23 bits per heavy atom. The summed E-state index contributed by atoms with van der Waals surface area (Å²) in [4.78, 5) is 10.5. The number of hydrogen-bond acceptors (Lipinski definition) is 6. The SMILES string of the molecule is Cc1cc2c3c(cc(SOO[O-])cc3c1)-c1nc3ccccc3nc1-2.[Na+]. The summed E-state index contributed by atoms with van der Waals surface area (Å²) in [6.45, 7) is 2.05. The summed E-state index contributed by atoms with van der Waals surface area (Å²) in [6, 6.07) is 16.0. The third-order valence-corrected chi connectivity index (χ3v) is 4.96. The van der Waals surface area contributed by atoms with Gasteiger partial charge in [0.1, 0.15) is 0 Å². The van der Waals surface area contributed by atoms with Crippen LogP contribution in [0, 0.1) is 6.92 Å². The van der Waals surface area contributed by atoms with E-state index in [4.69, 9.17) is 9.97 Å². The van der Waals surface area contributed by atoms with Crippen LogP contribution in [0.15, 0.2) is 53.4 Å². The van der Waals surface area contributed by atoms with Crippen LogP contribution in [0.3, 0.4) is 0 Å². The molecule has 0 spiro atoms. The maximum Gasteiger partial charge on any atom is 1.00 e. The molecule has 0 bridgehead atoms. The summed E-state index contributed by atoms with van der Waals surface area (Å²) in [7, 11) is 0. The molecule has 1 aliphatic carbocycles. The standard InChI is InChI=1S/C19H12N2O3S.Na/c1-10-6-11-8-12(25-24-23-22)9-14-17(11)13(7-10)18-19(14)21-16-5-3-2-4-15(16)20-18;/h2-9,22H,1H3;/q;+1/p-1. The second-order valence-corrected chi connectivity index (χ2v) is 6.78. The first-order valence-electron chi connectivity index (χ1n) is 7.74. The van der Waals surface area contributed by atoms with Crippen molar-refractivity contribution in [3.63, 3.8) is 0 Å². The first-order valence-corrected chi connectivity index (χ1v) is 8.48. The summed E-state index contributed by atoms with van der Waals surface area (Å²) in [5, 5.41) is 15.8. The van der Waals surface area contributed by atoms with Gasteiger partial charge < -0.3 is 5.26 Å². The third kappa shape index (κ3) is 2.75. The zero-order valence-electron chi connectivity index (χ0n) is 14.1. The van der Waals surface area contributed by atoms with Crippen LogP contribution in [-0.4, -0.2) is 9.97 Å². The Balaban J connectivity index is 0.00000168. The largest absolute Gasteiger partial charge is 1.00 e. The molecule has 5 rings (SSSR count). The number of hydrogen-bond donors (Lipinski definition) is 0. The van der Waals surface area contributed by atoms with Crippen molar-refractivity contribution in [1.29, 1.82) is 0 Å². The van der Waals surface area contributed by atoms with Gasteiger partial charge in [-0.15, -0.1) is 0 Å². The molecule has 26 heavy (non-hydrogen) atoms. The van der Waals surface area contributed by atoms with Gasteiger partial charge in [-0.2, -0.15) is 4.33 Å². The van der Waals surface area contributed by atoms with Crippen molar-refractivity contribution in [1.82, 2.24) is 9.97 Å². The normalized spacial score (nSPS) is 11.6. The molecule has 7 heteroatoms. The third-order valence-electron chi connectivity index (χ3n) is 4.41.